The minimum atomic E-state index is -2.01. The molecular weight excluding hydrogens is 940 g/mol. The average molecular weight is 1000 g/mol. The van der Waals surface area contributed by atoms with Gasteiger partial charge in [0, 0.05) is 7.11 Å². The van der Waals surface area contributed by atoms with E-state index < -0.39 is 217 Å². The third-order valence-electron chi connectivity index (χ3n) is 12.4. The Morgan fingerprint density at radius 1 is 0.294 bits per heavy atom. The minimum absolute atomic E-state index is 0.150. The largest absolute Gasteiger partial charge is 0.387 e. The van der Waals surface area contributed by atoms with Crippen LogP contribution in [-0.4, -0.2) is 323 Å². The number of aliphatic hydroxyl groups excluding tert-OH is 18. The highest BCUT2D eigenvalue weighted by atomic mass is 16.8. The van der Waals surface area contributed by atoms with Crippen LogP contribution in [0.1, 0.15) is 0 Å². The second-order valence-corrected chi connectivity index (χ2v) is 17.1. The normalized spacial score (nSPS) is 52.7. The van der Waals surface area contributed by atoms with E-state index in [4.69, 9.17) is 56.8 Å². The van der Waals surface area contributed by atoms with Crippen molar-refractivity contribution in [2.75, 3.05) is 40.1 Å². The number of aliphatic hydroxyl groups is 18. The Morgan fingerprint density at radius 2 is 0.500 bits per heavy atom. The molecule has 6 aliphatic rings. The average Bonchev–Trinajstić information content (AvgIpc) is 3.33. The summed E-state index contributed by atoms with van der Waals surface area (Å²) < 4.78 is 65.1. The summed E-state index contributed by atoms with van der Waals surface area (Å²) in [5.74, 6) is 0. The third-order valence-corrected chi connectivity index (χ3v) is 12.4. The molecule has 6 fully saturated rings. The molecule has 18 N–H and O–H groups in total. The number of hydrogen-bond donors (Lipinski definition) is 18. The zero-order valence-electron chi connectivity index (χ0n) is 35.8. The van der Waals surface area contributed by atoms with Crippen molar-refractivity contribution in [1.82, 2.24) is 0 Å². The molecule has 0 aromatic rings. The van der Waals surface area contributed by atoms with Crippen LogP contribution in [0.15, 0.2) is 0 Å². The van der Waals surface area contributed by atoms with Crippen molar-refractivity contribution in [3.63, 3.8) is 0 Å². The molecule has 0 aliphatic carbocycles. The first-order valence-corrected chi connectivity index (χ1v) is 21.4. The summed E-state index contributed by atoms with van der Waals surface area (Å²) in [5.41, 5.74) is 0. The van der Waals surface area contributed by atoms with Crippen LogP contribution in [0.4, 0.5) is 0 Å². The number of methoxy groups -OCH3 is 1. The van der Waals surface area contributed by atoms with E-state index in [1.807, 2.05) is 0 Å². The van der Waals surface area contributed by atoms with Crippen LogP contribution in [-0.2, 0) is 61.6 Å². The number of hydrogen-bond acceptors (Lipinski definition) is 31. The molecule has 6 saturated heterocycles. The number of carbonyl (C=O) groups excluding carboxylic acids is 1. The number of ether oxygens (including phenoxy) is 12. The molecule has 30 atom stereocenters. The van der Waals surface area contributed by atoms with Crippen molar-refractivity contribution in [2.45, 2.75) is 184 Å². The second kappa shape index (κ2) is 24.0. The fourth-order valence-electron chi connectivity index (χ4n) is 8.09. The van der Waals surface area contributed by atoms with Gasteiger partial charge < -0.3 is 154 Å². The number of carbonyl (C=O) groups is 1. The van der Waals surface area contributed by atoms with Crippen LogP contribution < -0.4 is 0 Å². The van der Waals surface area contributed by atoms with E-state index in [1.54, 1.807) is 0 Å². The lowest BCUT2D eigenvalue weighted by molar-refractivity contribution is -0.351. The highest BCUT2D eigenvalue weighted by Crippen LogP contribution is 2.31. The van der Waals surface area contributed by atoms with Gasteiger partial charge in [0.1, 0.15) is 146 Å². The minimum Gasteiger partial charge on any atom is -0.387 e. The number of rotatable bonds is 17. The summed E-state index contributed by atoms with van der Waals surface area (Å²) in [5, 5.41) is 188. The summed E-state index contributed by atoms with van der Waals surface area (Å²) in [6, 6.07) is 0. The Balaban J connectivity index is 1.01. The van der Waals surface area contributed by atoms with Crippen LogP contribution in [0, 0.1) is 0 Å². The van der Waals surface area contributed by atoms with Gasteiger partial charge in [0.05, 0.1) is 33.0 Å². The van der Waals surface area contributed by atoms with Gasteiger partial charge in [-0.1, -0.05) is 0 Å². The highest BCUT2D eigenvalue weighted by Gasteiger charge is 2.52. The molecule has 6 unspecified atom stereocenters. The molecule has 6 rings (SSSR count). The third kappa shape index (κ3) is 11.9. The lowest BCUT2D eigenvalue weighted by Crippen LogP contribution is -2.63. The quantitative estimate of drug-likeness (QED) is 0.0602. The molecule has 31 nitrogen and oxygen atoms in total. The van der Waals surface area contributed by atoms with Crippen molar-refractivity contribution >= 4 is 6.29 Å². The van der Waals surface area contributed by atoms with E-state index in [0.29, 0.717) is 0 Å². The molecule has 0 aromatic carbocycles. The lowest BCUT2D eigenvalue weighted by atomic mass is 9.97. The molecule has 0 bridgehead atoms. The SMILES string of the molecule is COC1O[C@H](CO[C@@H]2O[C@H](COC3O[C@H](CO[C@@H]4O[C@H](CO[C@@H]5O[C@H](CO[C@@H]6O[C@H](C=O)[C@@H](O)[C@H](O)C6O)[C@@H](O)[C@H](O)[C@H]5O)[C@@H](O)[C@H](O)[C@H]4O)[C@@H](O)C(O)[C@H]3O)[C@@H](O)[C@H](O)C2O)[C@@H](O)C(O)[C@H]1O. The summed E-state index contributed by atoms with van der Waals surface area (Å²) in [6.07, 6.45) is -53.4. The van der Waals surface area contributed by atoms with Gasteiger partial charge in [-0.25, -0.2) is 0 Å². The van der Waals surface area contributed by atoms with Crippen LogP contribution in [0.25, 0.3) is 0 Å². The van der Waals surface area contributed by atoms with E-state index in [2.05, 4.69) is 0 Å². The molecule has 396 valence electrons. The molecule has 68 heavy (non-hydrogen) atoms. The topological polar surface area (TPSA) is 492 Å². The van der Waals surface area contributed by atoms with Crippen LogP contribution >= 0.6 is 0 Å². The van der Waals surface area contributed by atoms with Crippen molar-refractivity contribution in [1.29, 1.82) is 0 Å². The maximum Gasteiger partial charge on any atom is 0.187 e. The molecule has 0 amide bonds. The number of aldehydes is 1. The monoisotopic (exact) mass is 1000 g/mol. The van der Waals surface area contributed by atoms with Gasteiger partial charge in [-0.05, 0) is 0 Å². The van der Waals surface area contributed by atoms with Gasteiger partial charge in [0.25, 0.3) is 0 Å². The van der Waals surface area contributed by atoms with E-state index >= 15 is 0 Å². The zero-order valence-corrected chi connectivity index (χ0v) is 35.8. The van der Waals surface area contributed by atoms with E-state index in [9.17, 15) is 96.7 Å². The Kier molecular flexibility index (Phi) is 19.7. The smallest absolute Gasteiger partial charge is 0.187 e. The van der Waals surface area contributed by atoms with E-state index in [1.165, 1.54) is 0 Å². The zero-order chi connectivity index (χ0) is 50.0. The van der Waals surface area contributed by atoms with Gasteiger partial charge in [-0.15, -0.1) is 0 Å². The van der Waals surface area contributed by atoms with Gasteiger partial charge >= 0.3 is 0 Å². The predicted molar refractivity (Wildman–Crippen MR) is 203 cm³/mol. The Labute approximate surface area is 384 Å². The van der Waals surface area contributed by atoms with Gasteiger partial charge in [-0.2, -0.15) is 0 Å². The standard InChI is InChI=1S/C37H62O31/c1-57-32-26(51)21(46)15(40)9(64-32)3-59-34-28(53)23(48)17(42)11(66-34)5-61-36-30(55)25(50)19(44)13(68-36)7-62-37-31(56)24(49)18(43)12(67-37)6-60-35-29(54)22(47)16(41)10(65-35)4-58-33-27(52)20(45)14(39)8(2-38)63-33/h2,8-37,39-56H,3-7H2,1H3/t8-,9-,10-,11-,12-,13-,14-,15-,16-,17-,18-,19-,20+,21?,22+,23+,24+,25?,26-,27?,28?,29-,30-,31-,32?,33-,34-,35-,36?,37-/m1/s1. The molecule has 6 aliphatic heterocycles. The maximum atomic E-state index is 11.2. The van der Waals surface area contributed by atoms with E-state index in [0.717, 1.165) is 7.11 Å². The van der Waals surface area contributed by atoms with Crippen molar-refractivity contribution in [2.24, 2.45) is 0 Å². The Bertz CT molecular complexity index is 1560. The molecular formula is C37H62O31. The molecule has 6 heterocycles. The first-order chi connectivity index (χ1) is 32.1. The summed E-state index contributed by atoms with van der Waals surface area (Å²) in [7, 11) is 1.16. The Hall–Kier alpha value is -1.53. The van der Waals surface area contributed by atoms with Gasteiger partial charge in [0.15, 0.2) is 44.0 Å². The molecule has 0 aromatic heterocycles. The highest BCUT2D eigenvalue weighted by molar-refractivity contribution is 5.57. The molecule has 0 saturated carbocycles. The molecule has 0 spiro atoms. The van der Waals surface area contributed by atoms with E-state index in [-0.39, 0.29) is 6.29 Å². The van der Waals surface area contributed by atoms with Crippen molar-refractivity contribution in [3.8, 4) is 0 Å². The Morgan fingerprint density at radius 3 is 0.735 bits per heavy atom. The lowest BCUT2D eigenvalue weighted by Gasteiger charge is -2.44. The van der Waals surface area contributed by atoms with Crippen LogP contribution in [0.3, 0.4) is 0 Å². The van der Waals surface area contributed by atoms with Gasteiger partial charge in [-0.3, -0.25) is 0 Å². The maximum absolute atomic E-state index is 11.2. The van der Waals surface area contributed by atoms with Gasteiger partial charge in [0.2, 0.25) is 0 Å². The summed E-state index contributed by atoms with van der Waals surface area (Å²) in [4.78, 5) is 11.2. The summed E-state index contributed by atoms with van der Waals surface area (Å²) in [6.45, 7) is -3.67. The second-order valence-electron chi connectivity index (χ2n) is 17.1. The van der Waals surface area contributed by atoms with Crippen LogP contribution in [0.5, 0.6) is 0 Å². The first-order valence-electron chi connectivity index (χ1n) is 21.4. The molecule has 0 radical (unpaired) electrons. The van der Waals surface area contributed by atoms with Crippen molar-refractivity contribution in [3.05, 3.63) is 0 Å². The summed E-state index contributed by atoms with van der Waals surface area (Å²) >= 11 is 0. The van der Waals surface area contributed by atoms with Crippen molar-refractivity contribution < 1.29 is 154 Å². The van der Waals surface area contributed by atoms with Crippen LogP contribution in [0.2, 0.25) is 0 Å². The molecule has 31 heteroatoms. The predicted octanol–water partition coefficient (Wildman–Crippen LogP) is -13.2. The fourth-order valence-corrected chi connectivity index (χ4v) is 8.09. The first kappa shape index (κ1) is 55.8. The fraction of sp³-hybridized carbons (Fsp3) is 0.973.